The molecule has 0 aromatic rings. The van der Waals surface area contributed by atoms with Crippen LogP contribution in [0.25, 0.3) is 0 Å². The van der Waals surface area contributed by atoms with Crippen LogP contribution in [0, 0.1) is 17.8 Å². The van der Waals surface area contributed by atoms with Crippen LogP contribution in [0.3, 0.4) is 0 Å². The highest BCUT2D eigenvalue weighted by Gasteiger charge is 2.26. The maximum absolute atomic E-state index is 5.86. The van der Waals surface area contributed by atoms with Gasteiger partial charge in [-0.1, -0.05) is 26.2 Å². The molecule has 1 fully saturated rings. The predicted octanol–water partition coefficient (Wildman–Crippen LogP) is 2.42. The van der Waals surface area contributed by atoms with Crippen LogP contribution in [-0.4, -0.2) is 20.3 Å². The second kappa shape index (κ2) is 6.41. The first kappa shape index (κ1) is 12.0. The summed E-state index contributed by atoms with van der Waals surface area (Å²) in [4.78, 5) is 0. The predicted molar refractivity (Wildman–Crippen MR) is 60.2 cm³/mol. The molecule has 2 N–H and O–H groups in total. The Morgan fingerprint density at radius 3 is 2.64 bits per heavy atom. The van der Waals surface area contributed by atoms with Gasteiger partial charge in [-0.05, 0) is 37.1 Å². The van der Waals surface area contributed by atoms with Gasteiger partial charge in [0.2, 0.25) is 0 Å². The summed E-state index contributed by atoms with van der Waals surface area (Å²) >= 11 is 0. The monoisotopic (exact) mass is 199 g/mol. The molecule has 3 atom stereocenters. The summed E-state index contributed by atoms with van der Waals surface area (Å²) < 4.78 is 5.25. The summed E-state index contributed by atoms with van der Waals surface area (Å²) in [6, 6.07) is 0. The maximum Gasteiger partial charge on any atom is 0.0490 e. The van der Waals surface area contributed by atoms with Crippen LogP contribution >= 0.6 is 0 Å². The van der Waals surface area contributed by atoms with Crippen molar-refractivity contribution >= 4 is 0 Å². The Bertz CT molecular complexity index is 149. The van der Waals surface area contributed by atoms with Gasteiger partial charge in [-0.3, -0.25) is 0 Å². The molecule has 0 aromatic heterocycles. The molecule has 0 amide bonds. The van der Waals surface area contributed by atoms with Crippen LogP contribution in [0.4, 0.5) is 0 Å². The number of hydrogen-bond acceptors (Lipinski definition) is 2. The molecule has 2 nitrogen and oxygen atoms in total. The van der Waals surface area contributed by atoms with Crippen LogP contribution in [0.1, 0.15) is 39.0 Å². The molecular weight excluding hydrogens is 174 g/mol. The second-order valence-corrected chi connectivity index (χ2v) is 4.73. The lowest BCUT2D eigenvalue weighted by atomic mass is 9.79. The van der Waals surface area contributed by atoms with Crippen molar-refractivity contribution in [1.29, 1.82) is 0 Å². The van der Waals surface area contributed by atoms with E-state index in [2.05, 4.69) is 6.92 Å². The standard InChI is InChI=1S/C12H25NO/c1-10(9-14-2)12-7-5-3-4-6-11(12)8-13/h10-12H,3-9,13H2,1-2H3. The van der Waals surface area contributed by atoms with Crippen molar-refractivity contribution < 1.29 is 4.74 Å². The minimum atomic E-state index is 0.673. The van der Waals surface area contributed by atoms with Crippen LogP contribution < -0.4 is 5.73 Å². The molecule has 0 radical (unpaired) electrons. The van der Waals surface area contributed by atoms with Gasteiger partial charge in [0.1, 0.15) is 0 Å². The van der Waals surface area contributed by atoms with Gasteiger partial charge < -0.3 is 10.5 Å². The molecular formula is C12H25NO. The summed E-state index contributed by atoms with van der Waals surface area (Å²) in [7, 11) is 1.80. The van der Waals surface area contributed by atoms with Gasteiger partial charge >= 0.3 is 0 Å². The fraction of sp³-hybridized carbons (Fsp3) is 1.00. The van der Waals surface area contributed by atoms with Crippen LogP contribution in [0.2, 0.25) is 0 Å². The van der Waals surface area contributed by atoms with Crippen LogP contribution in [-0.2, 0) is 4.74 Å². The van der Waals surface area contributed by atoms with Crippen molar-refractivity contribution in [2.75, 3.05) is 20.3 Å². The smallest absolute Gasteiger partial charge is 0.0490 e. The van der Waals surface area contributed by atoms with E-state index in [1.165, 1.54) is 32.1 Å². The Hall–Kier alpha value is -0.0800. The van der Waals surface area contributed by atoms with Crippen molar-refractivity contribution in [3.05, 3.63) is 0 Å². The quantitative estimate of drug-likeness (QED) is 0.706. The summed E-state index contributed by atoms with van der Waals surface area (Å²) in [6.07, 6.45) is 6.83. The first-order valence-corrected chi connectivity index (χ1v) is 5.98. The SMILES string of the molecule is COCC(C)C1CCCCCC1CN. The van der Waals surface area contributed by atoms with Crippen molar-refractivity contribution in [2.24, 2.45) is 23.5 Å². The third-order valence-corrected chi connectivity index (χ3v) is 3.68. The molecule has 84 valence electrons. The van der Waals surface area contributed by atoms with Gasteiger partial charge in [-0.2, -0.15) is 0 Å². The van der Waals surface area contributed by atoms with Gasteiger partial charge in [-0.25, -0.2) is 0 Å². The average Bonchev–Trinajstić information content (AvgIpc) is 2.42. The van der Waals surface area contributed by atoms with Gasteiger partial charge in [0.25, 0.3) is 0 Å². The summed E-state index contributed by atoms with van der Waals surface area (Å²) in [5, 5.41) is 0. The molecule has 1 aliphatic carbocycles. The highest BCUT2D eigenvalue weighted by atomic mass is 16.5. The average molecular weight is 199 g/mol. The van der Waals surface area contributed by atoms with Crippen molar-refractivity contribution in [3.63, 3.8) is 0 Å². The van der Waals surface area contributed by atoms with E-state index in [0.717, 1.165) is 25.0 Å². The van der Waals surface area contributed by atoms with Crippen molar-refractivity contribution in [2.45, 2.75) is 39.0 Å². The zero-order valence-corrected chi connectivity index (χ0v) is 9.67. The zero-order valence-electron chi connectivity index (χ0n) is 9.67. The number of methoxy groups -OCH3 is 1. The molecule has 1 aliphatic rings. The fourth-order valence-corrected chi connectivity index (χ4v) is 2.84. The third-order valence-electron chi connectivity index (χ3n) is 3.68. The topological polar surface area (TPSA) is 35.2 Å². The number of ether oxygens (including phenoxy) is 1. The first-order chi connectivity index (χ1) is 6.79. The zero-order chi connectivity index (χ0) is 10.4. The van der Waals surface area contributed by atoms with Gasteiger partial charge in [0.05, 0.1) is 0 Å². The fourth-order valence-electron chi connectivity index (χ4n) is 2.84. The highest BCUT2D eigenvalue weighted by Crippen LogP contribution is 2.33. The third kappa shape index (κ3) is 3.25. The molecule has 1 saturated carbocycles. The molecule has 1 rings (SSSR count). The Morgan fingerprint density at radius 1 is 1.29 bits per heavy atom. The lowest BCUT2D eigenvalue weighted by molar-refractivity contribution is 0.103. The largest absolute Gasteiger partial charge is 0.384 e. The molecule has 0 bridgehead atoms. The highest BCUT2D eigenvalue weighted by molar-refractivity contribution is 4.78. The van der Waals surface area contributed by atoms with Crippen LogP contribution in [0.5, 0.6) is 0 Å². The Labute approximate surface area is 88.2 Å². The minimum Gasteiger partial charge on any atom is -0.384 e. The lowest BCUT2D eigenvalue weighted by Crippen LogP contribution is -2.29. The van der Waals surface area contributed by atoms with E-state index in [1.807, 2.05) is 0 Å². The van der Waals surface area contributed by atoms with Crippen molar-refractivity contribution in [1.82, 2.24) is 0 Å². The molecule has 14 heavy (non-hydrogen) atoms. The summed E-state index contributed by atoms with van der Waals surface area (Å²) in [5.74, 6) is 2.21. The van der Waals surface area contributed by atoms with Gasteiger partial charge in [0, 0.05) is 13.7 Å². The summed E-state index contributed by atoms with van der Waals surface area (Å²) in [5.41, 5.74) is 5.86. The maximum atomic E-state index is 5.86. The minimum absolute atomic E-state index is 0.673. The normalized spacial score (nSPS) is 31.1. The summed E-state index contributed by atoms with van der Waals surface area (Å²) in [6.45, 7) is 4.06. The second-order valence-electron chi connectivity index (χ2n) is 4.73. The molecule has 0 saturated heterocycles. The Balaban J connectivity index is 2.50. The van der Waals surface area contributed by atoms with E-state index in [9.17, 15) is 0 Å². The van der Waals surface area contributed by atoms with E-state index in [0.29, 0.717) is 5.92 Å². The van der Waals surface area contributed by atoms with E-state index < -0.39 is 0 Å². The van der Waals surface area contributed by atoms with Gasteiger partial charge in [0.15, 0.2) is 0 Å². The van der Waals surface area contributed by atoms with E-state index in [-0.39, 0.29) is 0 Å². The Morgan fingerprint density at radius 2 is 2.00 bits per heavy atom. The van der Waals surface area contributed by atoms with Crippen molar-refractivity contribution in [3.8, 4) is 0 Å². The van der Waals surface area contributed by atoms with E-state index >= 15 is 0 Å². The molecule has 3 unspecified atom stereocenters. The molecule has 0 spiro atoms. The number of nitrogens with two attached hydrogens (primary N) is 1. The van der Waals surface area contributed by atoms with Crippen LogP contribution in [0.15, 0.2) is 0 Å². The number of rotatable bonds is 4. The molecule has 0 heterocycles. The molecule has 2 heteroatoms. The molecule has 0 aliphatic heterocycles. The molecule has 0 aromatic carbocycles. The van der Waals surface area contributed by atoms with E-state index in [1.54, 1.807) is 7.11 Å². The lowest BCUT2D eigenvalue weighted by Gasteiger charge is -2.29. The van der Waals surface area contributed by atoms with Gasteiger partial charge in [-0.15, -0.1) is 0 Å². The Kier molecular flexibility index (Phi) is 5.49. The number of hydrogen-bond donors (Lipinski definition) is 1. The first-order valence-electron chi connectivity index (χ1n) is 5.98. The van der Waals surface area contributed by atoms with E-state index in [4.69, 9.17) is 10.5 Å².